The van der Waals surface area contributed by atoms with E-state index in [4.69, 9.17) is 16.6 Å². The summed E-state index contributed by atoms with van der Waals surface area (Å²) >= 11 is 6.42. The van der Waals surface area contributed by atoms with Crippen molar-refractivity contribution in [3.63, 3.8) is 0 Å². The van der Waals surface area contributed by atoms with E-state index < -0.39 is 0 Å². The van der Waals surface area contributed by atoms with E-state index in [1.807, 2.05) is 60.7 Å². The van der Waals surface area contributed by atoms with Gasteiger partial charge in [0.15, 0.2) is 0 Å². The molecular weight excluding hydrogens is 498 g/mol. The number of nitrogens with one attached hydrogen (secondary N) is 1. The number of nitrogens with zero attached hydrogens (tertiary/aromatic N) is 4. The minimum absolute atomic E-state index is 0.0266. The van der Waals surface area contributed by atoms with Crippen molar-refractivity contribution in [1.82, 2.24) is 9.97 Å². The molecule has 2 aliphatic rings. The van der Waals surface area contributed by atoms with Gasteiger partial charge in [0, 0.05) is 46.8 Å². The van der Waals surface area contributed by atoms with Crippen LogP contribution in [0.1, 0.15) is 24.0 Å². The van der Waals surface area contributed by atoms with Gasteiger partial charge in [-0.1, -0.05) is 48.0 Å². The van der Waals surface area contributed by atoms with Gasteiger partial charge in [-0.2, -0.15) is 0 Å². The van der Waals surface area contributed by atoms with Crippen LogP contribution in [0, 0.1) is 0 Å². The number of piperidine rings is 1. The molecule has 38 heavy (non-hydrogen) atoms. The third kappa shape index (κ3) is 4.95. The summed E-state index contributed by atoms with van der Waals surface area (Å²) in [6, 6.07) is 23.6. The topological polar surface area (TPSA) is 81.6 Å². The zero-order chi connectivity index (χ0) is 26.1. The molecule has 6 rings (SSSR count). The summed E-state index contributed by atoms with van der Waals surface area (Å²) in [5.74, 6) is 0.445. The van der Waals surface area contributed by atoms with Crippen LogP contribution in [0.2, 0.25) is 5.02 Å². The number of amides is 1. The van der Waals surface area contributed by atoms with Gasteiger partial charge >= 0.3 is 0 Å². The van der Waals surface area contributed by atoms with Crippen LogP contribution in [-0.2, 0) is 17.8 Å². The molecule has 1 amide bonds. The van der Waals surface area contributed by atoms with Gasteiger partial charge in [0.25, 0.3) is 0 Å². The molecule has 2 N–H and O–H groups in total. The Bertz CT molecular complexity index is 1470. The summed E-state index contributed by atoms with van der Waals surface area (Å²) in [6.45, 7) is 2.09. The molecule has 0 radical (unpaired) electrons. The molecule has 3 aromatic carbocycles. The summed E-state index contributed by atoms with van der Waals surface area (Å²) in [7, 11) is 0. The molecule has 2 aliphatic heterocycles. The standard InChI is InChI=1S/C30H28ClN5O2/c31-26-7-3-1-5-20(26)19-36-27-8-4-2-6-25(27)29-21(17-28(36)38)18-32-30(34-29)33-22-9-11-23(12-10-22)35-15-13-24(37)14-16-35/h1-12,18,24,37H,13-17,19H2,(H,32,33,34). The lowest BCUT2D eigenvalue weighted by Gasteiger charge is -2.31. The Kier molecular flexibility index (Phi) is 6.70. The minimum atomic E-state index is -0.193. The van der Waals surface area contributed by atoms with Gasteiger partial charge in [0.05, 0.1) is 30.5 Å². The summed E-state index contributed by atoms with van der Waals surface area (Å²) in [5.41, 5.74) is 6.13. The lowest BCUT2D eigenvalue weighted by molar-refractivity contribution is -0.118. The Hall–Kier alpha value is -3.94. The van der Waals surface area contributed by atoms with E-state index in [1.54, 1.807) is 11.1 Å². The number of aliphatic hydroxyl groups is 1. The predicted molar refractivity (Wildman–Crippen MR) is 151 cm³/mol. The molecule has 1 aromatic heterocycles. The average Bonchev–Trinajstić information content (AvgIpc) is 3.05. The largest absolute Gasteiger partial charge is 0.393 e. The van der Waals surface area contributed by atoms with E-state index in [9.17, 15) is 9.90 Å². The second kappa shape index (κ2) is 10.4. The minimum Gasteiger partial charge on any atom is -0.393 e. The molecule has 4 aromatic rings. The number of carbonyl (C=O) groups excluding carboxylic acids is 1. The summed E-state index contributed by atoms with van der Waals surface area (Å²) in [6.07, 6.45) is 3.34. The van der Waals surface area contributed by atoms with Gasteiger partial charge in [-0.15, -0.1) is 0 Å². The molecule has 7 nitrogen and oxygen atoms in total. The molecule has 0 spiro atoms. The lowest BCUT2D eigenvalue weighted by Crippen LogP contribution is -2.35. The van der Waals surface area contributed by atoms with Crippen LogP contribution in [0.5, 0.6) is 0 Å². The van der Waals surface area contributed by atoms with E-state index in [0.29, 0.717) is 17.5 Å². The zero-order valence-corrected chi connectivity index (χ0v) is 21.6. The number of anilines is 4. The monoisotopic (exact) mass is 525 g/mol. The Morgan fingerprint density at radius 2 is 1.71 bits per heavy atom. The van der Waals surface area contributed by atoms with Gasteiger partial charge in [0.1, 0.15) is 0 Å². The second-order valence-electron chi connectivity index (χ2n) is 9.72. The zero-order valence-electron chi connectivity index (χ0n) is 20.8. The smallest absolute Gasteiger partial charge is 0.231 e. The first-order chi connectivity index (χ1) is 18.5. The molecule has 8 heteroatoms. The van der Waals surface area contributed by atoms with Crippen molar-refractivity contribution in [1.29, 1.82) is 0 Å². The second-order valence-corrected chi connectivity index (χ2v) is 10.1. The van der Waals surface area contributed by atoms with Crippen molar-refractivity contribution in [2.75, 3.05) is 28.2 Å². The van der Waals surface area contributed by atoms with Crippen LogP contribution in [0.15, 0.2) is 79.0 Å². The summed E-state index contributed by atoms with van der Waals surface area (Å²) in [5, 5.41) is 13.7. The fraction of sp³-hybridized carbons (Fsp3) is 0.233. The molecule has 0 saturated carbocycles. The van der Waals surface area contributed by atoms with Crippen LogP contribution in [0.4, 0.5) is 23.0 Å². The van der Waals surface area contributed by atoms with Gasteiger partial charge in [-0.3, -0.25) is 4.79 Å². The highest BCUT2D eigenvalue weighted by atomic mass is 35.5. The average molecular weight is 526 g/mol. The first-order valence-electron chi connectivity index (χ1n) is 12.8. The molecule has 0 aliphatic carbocycles. The van der Waals surface area contributed by atoms with Crippen LogP contribution in [0.25, 0.3) is 11.3 Å². The number of hydrogen-bond donors (Lipinski definition) is 2. The Morgan fingerprint density at radius 1 is 0.974 bits per heavy atom. The van der Waals surface area contributed by atoms with E-state index in [-0.39, 0.29) is 18.4 Å². The summed E-state index contributed by atoms with van der Waals surface area (Å²) in [4.78, 5) is 26.9. The van der Waals surface area contributed by atoms with Crippen molar-refractivity contribution in [2.24, 2.45) is 0 Å². The van der Waals surface area contributed by atoms with Crippen LogP contribution in [0.3, 0.4) is 0 Å². The molecule has 3 heterocycles. The number of rotatable bonds is 5. The molecule has 0 atom stereocenters. The number of para-hydroxylation sites is 1. The third-order valence-corrected chi connectivity index (χ3v) is 7.57. The van der Waals surface area contributed by atoms with Gasteiger partial charge < -0.3 is 20.2 Å². The van der Waals surface area contributed by atoms with E-state index in [0.717, 1.165) is 65.4 Å². The maximum absolute atomic E-state index is 13.4. The van der Waals surface area contributed by atoms with Crippen molar-refractivity contribution in [3.05, 3.63) is 95.1 Å². The predicted octanol–water partition coefficient (Wildman–Crippen LogP) is 5.59. The normalized spacial score (nSPS) is 15.6. The number of benzene rings is 3. The first-order valence-corrected chi connectivity index (χ1v) is 13.2. The SMILES string of the molecule is O=C1Cc2cnc(Nc3ccc(N4CCC(O)CC4)cc3)nc2-c2ccccc2N1Cc1ccccc1Cl. The number of fused-ring (bicyclic) bond motifs is 3. The maximum Gasteiger partial charge on any atom is 0.231 e. The first kappa shape index (κ1) is 24.4. The third-order valence-electron chi connectivity index (χ3n) is 7.20. The number of hydrogen-bond acceptors (Lipinski definition) is 6. The molecule has 1 saturated heterocycles. The fourth-order valence-corrected chi connectivity index (χ4v) is 5.31. The van der Waals surface area contributed by atoms with Crippen LogP contribution < -0.4 is 15.1 Å². The Labute approximate surface area is 226 Å². The van der Waals surface area contributed by atoms with Crippen molar-refractivity contribution in [2.45, 2.75) is 31.9 Å². The van der Waals surface area contributed by atoms with Gasteiger partial charge in [-0.25, -0.2) is 9.97 Å². The highest BCUT2D eigenvalue weighted by molar-refractivity contribution is 6.31. The lowest BCUT2D eigenvalue weighted by atomic mass is 10.1. The van der Waals surface area contributed by atoms with E-state index in [2.05, 4.69) is 27.3 Å². The quantitative estimate of drug-likeness (QED) is 0.353. The molecule has 192 valence electrons. The van der Waals surface area contributed by atoms with E-state index in [1.165, 1.54) is 0 Å². The number of carbonyl (C=O) groups is 1. The Morgan fingerprint density at radius 3 is 2.50 bits per heavy atom. The maximum atomic E-state index is 13.4. The van der Waals surface area contributed by atoms with Crippen LogP contribution >= 0.6 is 11.6 Å². The number of halogens is 1. The molecule has 0 unspecified atom stereocenters. The van der Waals surface area contributed by atoms with Gasteiger partial charge in [-0.05, 0) is 54.8 Å². The number of aliphatic hydroxyl groups excluding tert-OH is 1. The number of aromatic nitrogens is 2. The van der Waals surface area contributed by atoms with E-state index >= 15 is 0 Å². The highest BCUT2D eigenvalue weighted by Crippen LogP contribution is 2.37. The van der Waals surface area contributed by atoms with Crippen molar-refractivity contribution in [3.8, 4) is 11.3 Å². The Balaban J connectivity index is 1.27. The van der Waals surface area contributed by atoms with Crippen molar-refractivity contribution < 1.29 is 9.90 Å². The molecule has 0 bridgehead atoms. The molecule has 1 fully saturated rings. The molecular formula is C30H28ClN5O2. The van der Waals surface area contributed by atoms with Gasteiger partial charge in [0.2, 0.25) is 11.9 Å². The fourth-order valence-electron chi connectivity index (χ4n) is 5.11. The highest BCUT2D eigenvalue weighted by Gasteiger charge is 2.28. The van der Waals surface area contributed by atoms with Crippen LogP contribution in [-0.4, -0.2) is 40.2 Å². The summed E-state index contributed by atoms with van der Waals surface area (Å²) < 4.78 is 0. The van der Waals surface area contributed by atoms with Crippen molar-refractivity contribution >= 4 is 40.5 Å².